The van der Waals surface area contributed by atoms with Gasteiger partial charge in [-0.05, 0) is 24.4 Å². The molecule has 0 fully saturated rings. The molecule has 0 spiro atoms. The second-order valence-corrected chi connectivity index (χ2v) is 2.75. The number of hydrogen-bond donors (Lipinski definition) is 2. The standard InChI is InChI=1S/C6H12N2O3S2/c7-5(12)10-3-1-9-2-4-11-6(8)13/h1-4H2,(H2,7,12)(H2,8,13). The van der Waals surface area contributed by atoms with Crippen LogP contribution in [0.15, 0.2) is 0 Å². The van der Waals surface area contributed by atoms with E-state index in [2.05, 4.69) is 24.4 Å². The van der Waals surface area contributed by atoms with Gasteiger partial charge in [0.2, 0.25) is 0 Å². The zero-order valence-corrected chi connectivity index (χ0v) is 8.66. The highest BCUT2D eigenvalue weighted by Gasteiger charge is 1.92. The first-order valence-electron chi connectivity index (χ1n) is 3.55. The van der Waals surface area contributed by atoms with Gasteiger partial charge in [0.15, 0.2) is 0 Å². The molecule has 0 aromatic carbocycles. The van der Waals surface area contributed by atoms with Crippen LogP contribution in [-0.4, -0.2) is 36.8 Å². The molecule has 0 bridgehead atoms. The largest absolute Gasteiger partial charge is 0.469 e. The minimum atomic E-state index is 0.0167. The molecule has 0 rings (SSSR count). The number of thiocarbonyl (C=S) groups is 2. The fraction of sp³-hybridized carbons (Fsp3) is 0.667. The first-order valence-corrected chi connectivity index (χ1v) is 4.37. The maximum Gasteiger partial charge on any atom is 0.254 e. The molecule has 5 nitrogen and oxygen atoms in total. The first kappa shape index (κ1) is 12.3. The van der Waals surface area contributed by atoms with Crippen molar-refractivity contribution in [2.75, 3.05) is 26.4 Å². The summed E-state index contributed by atoms with van der Waals surface area (Å²) in [6.07, 6.45) is 0. The van der Waals surface area contributed by atoms with E-state index in [1.807, 2.05) is 0 Å². The van der Waals surface area contributed by atoms with Gasteiger partial charge >= 0.3 is 0 Å². The molecule has 0 aliphatic carbocycles. The minimum absolute atomic E-state index is 0.0167. The second-order valence-electron chi connectivity index (χ2n) is 1.95. The molecule has 7 heteroatoms. The van der Waals surface area contributed by atoms with Crippen molar-refractivity contribution in [2.24, 2.45) is 11.5 Å². The summed E-state index contributed by atoms with van der Waals surface area (Å²) in [5.74, 6) is 0. The maximum atomic E-state index is 5.07. The third kappa shape index (κ3) is 11.3. The van der Waals surface area contributed by atoms with Crippen LogP contribution in [0.5, 0.6) is 0 Å². The highest BCUT2D eigenvalue weighted by atomic mass is 32.1. The molecule has 0 saturated carbocycles. The van der Waals surface area contributed by atoms with Crippen LogP contribution in [0.2, 0.25) is 0 Å². The highest BCUT2D eigenvalue weighted by molar-refractivity contribution is 7.80. The summed E-state index contributed by atoms with van der Waals surface area (Å²) in [5, 5.41) is 0.0333. The Hall–Kier alpha value is -0.660. The Labute approximate surface area is 87.3 Å². The number of rotatable bonds is 6. The molecular formula is C6H12N2O3S2. The predicted octanol–water partition coefficient (Wildman–Crippen LogP) is -0.477. The van der Waals surface area contributed by atoms with Crippen molar-refractivity contribution in [3.05, 3.63) is 0 Å². The quantitative estimate of drug-likeness (QED) is 0.466. The molecule has 0 atom stereocenters. The Morgan fingerprint density at radius 3 is 1.54 bits per heavy atom. The van der Waals surface area contributed by atoms with E-state index < -0.39 is 0 Å². The second kappa shape index (κ2) is 7.96. The average molecular weight is 224 g/mol. The highest BCUT2D eigenvalue weighted by Crippen LogP contribution is 1.80. The summed E-state index contributed by atoms with van der Waals surface area (Å²) in [6, 6.07) is 0. The van der Waals surface area contributed by atoms with Crippen LogP contribution in [0.25, 0.3) is 0 Å². The van der Waals surface area contributed by atoms with Gasteiger partial charge in [-0.15, -0.1) is 0 Å². The smallest absolute Gasteiger partial charge is 0.254 e. The maximum absolute atomic E-state index is 5.07. The lowest BCUT2D eigenvalue weighted by molar-refractivity contribution is 0.0720. The lowest BCUT2D eigenvalue weighted by Crippen LogP contribution is -2.19. The first-order chi connectivity index (χ1) is 6.13. The minimum Gasteiger partial charge on any atom is -0.469 e. The molecule has 0 radical (unpaired) electrons. The van der Waals surface area contributed by atoms with E-state index in [0.717, 1.165) is 0 Å². The zero-order chi connectivity index (χ0) is 10.1. The third-order valence-corrected chi connectivity index (χ3v) is 1.18. The van der Waals surface area contributed by atoms with Gasteiger partial charge in [-0.3, -0.25) is 0 Å². The molecule has 0 aromatic rings. The summed E-state index contributed by atoms with van der Waals surface area (Å²) in [7, 11) is 0. The lowest BCUT2D eigenvalue weighted by Gasteiger charge is -2.05. The summed E-state index contributed by atoms with van der Waals surface area (Å²) >= 11 is 8.94. The molecule has 0 saturated heterocycles. The van der Waals surface area contributed by atoms with E-state index >= 15 is 0 Å². The van der Waals surface area contributed by atoms with Gasteiger partial charge in [0, 0.05) is 0 Å². The van der Waals surface area contributed by atoms with Crippen LogP contribution >= 0.6 is 24.4 Å². The van der Waals surface area contributed by atoms with Crippen molar-refractivity contribution < 1.29 is 14.2 Å². The Morgan fingerprint density at radius 1 is 0.846 bits per heavy atom. The SMILES string of the molecule is NC(=S)OCCOCCOC(N)=S. The predicted molar refractivity (Wildman–Crippen MR) is 56.3 cm³/mol. The fourth-order valence-electron chi connectivity index (χ4n) is 0.504. The summed E-state index contributed by atoms with van der Waals surface area (Å²) in [4.78, 5) is 0. The van der Waals surface area contributed by atoms with E-state index in [9.17, 15) is 0 Å². The van der Waals surface area contributed by atoms with Gasteiger partial charge in [0.25, 0.3) is 10.3 Å². The van der Waals surface area contributed by atoms with Crippen LogP contribution in [0.3, 0.4) is 0 Å². The number of nitrogens with two attached hydrogens (primary N) is 2. The Morgan fingerprint density at radius 2 is 1.23 bits per heavy atom. The summed E-state index contributed by atoms with van der Waals surface area (Å²) in [5.41, 5.74) is 10.1. The topological polar surface area (TPSA) is 79.7 Å². The van der Waals surface area contributed by atoms with Crippen LogP contribution in [0.4, 0.5) is 0 Å². The van der Waals surface area contributed by atoms with Crippen molar-refractivity contribution in [3.63, 3.8) is 0 Å². The molecule has 0 unspecified atom stereocenters. The van der Waals surface area contributed by atoms with Crippen LogP contribution in [-0.2, 0) is 14.2 Å². The van der Waals surface area contributed by atoms with Crippen LogP contribution in [0.1, 0.15) is 0 Å². The van der Waals surface area contributed by atoms with Gasteiger partial charge < -0.3 is 25.7 Å². The number of ether oxygens (including phenoxy) is 3. The van der Waals surface area contributed by atoms with E-state index in [0.29, 0.717) is 26.4 Å². The van der Waals surface area contributed by atoms with E-state index in [1.54, 1.807) is 0 Å². The Bertz CT molecular complexity index is 159. The van der Waals surface area contributed by atoms with Gasteiger partial charge in [-0.25, -0.2) is 0 Å². The summed E-state index contributed by atoms with van der Waals surface area (Å²) < 4.78 is 14.6. The van der Waals surface area contributed by atoms with E-state index in [4.69, 9.17) is 25.7 Å². The molecule has 13 heavy (non-hydrogen) atoms. The van der Waals surface area contributed by atoms with Crippen molar-refractivity contribution >= 4 is 34.8 Å². The molecule has 4 N–H and O–H groups in total. The van der Waals surface area contributed by atoms with Crippen molar-refractivity contribution in [1.82, 2.24) is 0 Å². The fourth-order valence-corrected chi connectivity index (χ4v) is 0.671. The lowest BCUT2D eigenvalue weighted by atomic mass is 10.7. The zero-order valence-electron chi connectivity index (χ0n) is 7.02. The molecular weight excluding hydrogens is 212 g/mol. The third-order valence-electron chi connectivity index (χ3n) is 0.944. The molecule has 0 aromatic heterocycles. The summed E-state index contributed by atoms with van der Waals surface area (Å²) in [6.45, 7) is 1.47. The van der Waals surface area contributed by atoms with Gasteiger partial charge in [0.05, 0.1) is 13.2 Å². The van der Waals surface area contributed by atoms with Crippen LogP contribution < -0.4 is 11.5 Å². The Balaban J connectivity index is 3.00. The van der Waals surface area contributed by atoms with Crippen molar-refractivity contribution in [3.8, 4) is 0 Å². The monoisotopic (exact) mass is 224 g/mol. The van der Waals surface area contributed by atoms with E-state index in [-0.39, 0.29) is 10.3 Å². The number of hydrogen-bond acceptors (Lipinski definition) is 5. The van der Waals surface area contributed by atoms with Gasteiger partial charge in [0.1, 0.15) is 13.2 Å². The van der Waals surface area contributed by atoms with Crippen LogP contribution in [0, 0.1) is 0 Å². The molecule has 76 valence electrons. The van der Waals surface area contributed by atoms with Crippen molar-refractivity contribution in [1.29, 1.82) is 0 Å². The molecule has 0 aliphatic heterocycles. The normalized spacial score (nSPS) is 9.23. The van der Waals surface area contributed by atoms with Gasteiger partial charge in [-0.1, -0.05) is 0 Å². The van der Waals surface area contributed by atoms with E-state index in [1.165, 1.54) is 0 Å². The van der Waals surface area contributed by atoms with Crippen molar-refractivity contribution in [2.45, 2.75) is 0 Å². The van der Waals surface area contributed by atoms with Gasteiger partial charge in [-0.2, -0.15) is 0 Å². The average Bonchev–Trinajstić information content (AvgIpc) is 2.01. The molecule has 0 amide bonds. The Kier molecular flexibility index (Phi) is 7.56. The molecule has 0 heterocycles. The molecule has 0 aliphatic rings.